The molecule has 1 aliphatic rings. The molecule has 0 spiro atoms. The van der Waals surface area contributed by atoms with Gasteiger partial charge < -0.3 is 5.32 Å². The van der Waals surface area contributed by atoms with E-state index in [1.54, 1.807) is 6.07 Å². The molecule has 1 fully saturated rings. The molecule has 3 aromatic carbocycles. The van der Waals surface area contributed by atoms with Crippen LogP contribution in [0.15, 0.2) is 48.5 Å². The van der Waals surface area contributed by atoms with Crippen LogP contribution in [0.4, 0.5) is 27.6 Å². The van der Waals surface area contributed by atoms with Crippen LogP contribution in [0.3, 0.4) is 0 Å². The summed E-state index contributed by atoms with van der Waals surface area (Å²) in [6.45, 7) is 0. The molecule has 4 rings (SSSR count). The fourth-order valence-corrected chi connectivity index (χ4v) is 5.41. The van der Waals surface area contributed by atoms with E-state index < -0.39 is 87.1 Å². The highest BCUT2D eigenvalue weighted by molar-refractivity contribution is 6.53. The molecule has 1 saturated carbocycles. The maximum Gasteiger partial charge on any atom is 0.296 e. The Labute approximate surface area is 244 Å². The second-order valence-corrected chi connectivity index (χ2v) is 11.3. The Hall–Kier alpha value is -2.72. The quantitative estimate of drug-likeness (QED) is 0.148. The number of hydrogen-bond acceptors (Lipinski definition) is 3. The van der Waals surface area contributed by atoms with Crippen LogP contribution in [-0.4, -0.2) is 28.2 Å². The van der Waals surface area contributed by atoms with E-state index >= 15 is 0 Å². The van der Waals surface area contributed by atoms with Gasteiger partial charge in [0, 0.05) is 30.0 Å². The fourth-order valence-electron chi connectivity index (χ4n) is 4.27. The van der Waals surface area contributed by atoms with Gasteiger partial charge in [-0.2, -0.15) is 0 Å². The third kappa shape index (κ3) is 6.12. The highest BCUT2D eigenvalue weighted by atomic mass is 35.5. The van der Waals surface area contributed by atoms with Crippen molar-refractivity contribution >= 4 is 69.6 Å². The fraction of sp³-hybridized carbons (Fsp3) is 0.222. The number of amides is 1. The van der Waals surface area contributed by atoms with Gasteiger partial charge in [0.05, 0.1) is 21.5 Å². The van der Waals surface area contributed by atoms with Crippen LogP contribution in [0.5, 0.6) is 0 Å². The summed E-state index contributed by atoms with van der Waals surface area (Å²) in [5, 5.41) is 3.05. The number of rotatable bonds is 9. The zero-order valence-corrected chi connectivity index (χ0v) is 22.9. The number of carbonyl (C=O) groups is 3. The first-order valence-electron chi connectivity index (χ1n) is 11.4. The normalized spacial score (nSPS) is 17.6. The van der Waals surface area contributed by atoms with Gasteiger partial charge in [-0.1, -0.05) is 35.3 Å². The summed E-state index contributed by atoms with van der Waals surface area (Å²) in [4.78, 5) is 37.1. The topological polar surface area (TPSA) is 63.2 Å². The smallest absolute Gasteiger partial charge is 0.296 e. The monoisotopic (exact) mass is 637 g/mol. The maximum absolute atomic E-state index is 14.8. The lowest BCUT2D eigenvalue weighted by Gasteiger charge is -2.11. The average Bonchev–Trinajstić information content (AvgIpc) is 3.47. The van der Waals surface area contributed by atoms with Crippen molar-refractivity contribution in [1.29, 1.82) is 0 Å². The Morgan fingerprint density at radius 1 is 0.875 bits per heavy atom. The first-order chi connectivity index (χ1) is 18.7. The van der Waals surface area contributed by atoms with Crippen LogP contribution in [0.1, 0.15) is 33.0 Å². The molecule has 0 aliphatic heterocycles. The van der Waals surface area contributed by atoms with Crippen LogP contribution in [0, 0.1) is 23.4 Å². The van der Waals surface area contributed by atoms with Crippen molar-refractivity contribution < 1.29 is 36.3 Å². The van der Waals surface area contributed by atoms with Gasteiger partial charge in [-0.25, -0.2) is 22.0 Å². The predicted molar refractivity (Wildman–Crippen MR) is 141 cm³/mol. The summed E-state index contributed by atoms with van der Waals surface area (Å²) >= 11 is 24.6. The molecule has 0 saturated heterocycles. The molecule has 0 radical (unpaired) electrons. The molecule has 2 atom stereocenters. The second-order valence-electron chi connectivity index (χ2n) is 9.03. The number of benzene rings is 3. The number of alkyl halides is 4. The molecule has 0 bridgehead atoms. The highest BCUT2D eigenvalue weighted by Crippen LogP contribution is 2.65. The molecule has 1 amide bonds. The summed E-state index contributed by atoms with van der Waals surface area (Å²) < 4.78 is 67.0. The van der Waals surface area contributed by atoms with Gasteiger partial charge in [-0.05, 0) is 47.5 Å². The lowest BCUT2D eigenvalue weighted by molar-refractivity contribution is -0.128. The van der Waals surface area contributed by atoms with E-state index in [0.29, 0.717) is 10.6 Å². The largest absolute Gasteiger partial charge is 0.326 e. The zero-order valence-electron chi connectivity index (χ0n) is 19.9. The van der Waals surface area contributed by atoms with Crippen LogP contribution in [-0.2, 0) is 22.4 Å². The van der Waals surface area contributed by atoms with Gasteiger partial charge in [0.2, 0.25) is 11.7 Å². The number of hydrogen-bond donors (Lipinski definition) is 1. The third-order valence-electron chi connectivity index (χ3n) is 6.38. The van der Waals surface area contributed by atoms with Crippen molar-refractivity contribution in [3.63, 3.8) is 0 Å². The number of halogens is 9. The minimum atomic E-state index is -3.44. The molecular weight excluding hydrogens is 623 g/mol. The Balaban J connectivity index is 1.51. The molecule has 0 heterocycles. The number of carbonyl (C=O) groups excluding carboxylic acids is 3. The second kappa shape index (κ2) is 11.6. The summed E-state index contributed by atoms with van der Waals surface area (Å²) in [7, 11) is 0. The third-order valence-corrected chi connectivity index (χ3v) is 8.06. The number of nitrogens with one attached hydrogen (secondary N) is 1. The summed E-state index contributed by atoms with van der Waals surface area (Å²) in [6.07, 6.45) is -5.45. The molecule has 13 heteroatoms. The van der Waals surface area contributed by atoms with E-state index in [1.807, 2.05) is 0 Å². The Bertz CT molecular complexity index is 1530. The Kier molecular flexibility index (Phi) is 8.80. The van der Waals surface area contributed by atoms with Gasteiger partial charge in [-0.15, -0.1) is 23.2 Å². The molecule has 210 valence electrons. The summed E-state index contributed by atoms with van der Waals surface area (Å²) in [5.41, 5.74) is -1.34. The van der Waals surface area contributed by atoms with Gasteiger partial charge in [0.25, 0.3) is 6.43 Å². The van der Waals surface area contributed by atoms with Crippen LogP contribution in [0.25, 0.3) is 0 Å². The molecule has 4 nitrogen and oxygen atoms in total. The van der Waals surface area contributed by atoms with Crippen molar-refractivity contribution in [2.24, 2.45) is 5.92 Å². The Morgan fingerprint density at radius 2 is 1.55 bits per heavy atom. The van der Waals surface area contributed by atoms with E-state index in [1.165, 1.54) is 18.2 Å². The maximum atomic E-state index is 14.8. The molecule has 1 N–H and O–H groups in total. The van der Waals surface area contributed by atoms with Crippen molar-refractivity contribution in [2.45, 2.75) is 29.5 Å². The lowest BCUT2D eigenvalue weighted by atomic mass is 9.97. The zero-order chi connectivity index (χ0) is 29.5. The highest BCUT2D eigenvalue weighted by Gasteiger charge is 2.67. The van der Waals surface area contributed by atoms with Crippen molar-refractivity contribution in [3.05, 3.63) is 98.3 Å². The predicted octanol–water partition coefficient (Wildman–Crippen LogP) is 7.74. The van der Waals surface area contributed by atoms with Gasteiger partial charge in [0.15, 0.2) is 5.78 Å². The average molecular weight is 639 g/mol. The molecule has 40 heavy (non-hydrogen) atoms. The van der Waals surface area contributed by atoms with Crippen LogP contribution >= 0.6 is 46.4 Å². The van der Waals surface area contributed by atoms with E-state index in [4.69, 9.17) is 46.4 Å². The van der Waals surface area contributed by atoms with Crippen LogP contribution < -0.4 is 5.32 Å². The van der Waals surface area contributed by atoms with Crippen LogP contribution in [0.2, 0.25) is 10.0 Å². The number of ketones is 2. The van der Waals surface area contributed by atoms with Gasteiger partial charge >= 0.3 is 0 Å². The van der Waals surface area contributed by atoms with Gasteiger partial charge in [0.1, 0.15) is 21.8 Å². The minimum absolute atomic E-state index is 0.00136. The van der Waals surface area contributed by atoms with E-state index in [-0.39, 0.29) is 10.7 Å². The first kappa shape index (κ1) is 30.2. The number of anilines is 1. The van der Waals surface area contributed by atoms with E-state index in [0.717, 1.165) is 24.3 Å². The lowest BCUT2D eigenvalue weighted by Crippen LogP contribution is -2.18. The molecule has 0 unspecified atom stereocenters. The summed E-state index contributed by atoms with van der Waals surface area (Å²) in [6, 6.07) is 9.36. The Morgan fingerprint density at radius 3 is 2.20 bits per heavy atom. The molecule has 1 aliphatic carbocycles. The van der Waals surface area contributed by atoms with Crippen molar-refractivity contribution in [3.8, 4) is 0 Å². The van der Waals surface area contributed by atoms with E-state index in [9.17, 15) is 36.3 Å². The standard InChI is InChI=1S/C27H16Cl4F5NO3/c28-16-4-1-11(7-17(16)29)22-23(27(22,30)31)26(40)37-13-3-6-18(32)14(9-13)20(38)8-12-2-5-19(33)15(24(12)34)10-21(39)25(35)36/h1-7,9,22-23,25H,8,10H2,(H,37,40)/t22-,23+/m0/s1. The first-order valence-corrected chi connectivity index (χ1v) is 13.0. The SMILES string of the molecule is O=C(Cc1ccc(F)c(CC(=O)C(F)F)c1F)c1cc(NC(=O)[C@H]2[C@H](c3ccc(Cl)c(Cl)c3)C2(Cl)Cl)ccc1F. The van der Waals surface area contributed by atoms with Crippen molar-refractivity contribution in [1.82, 2.24) is 0 Å². The van der Waals surface area contributed by atoms with Gasteiger partial charge in [-0.3, -0.25) is 14.4 Å². The summed E-state index contributed by atoms with van der Waals surface area (Å²) in [5.74, 6) is -8.48. The van der Waals surface area contributed by atoms with Crippen molar-refractivity contribution in [2.75, 3.05) is 5.32 Å². The molecular formula is C27H16Cl4F5NO3. The van der Waals surface area contributed by atoms with E-state index in [2.05, 4.69) is 5.32 Å². The minimum Gasteiger partial charge on any atom is -0.326 e. The molecule has 3 aromatic rings. The molecule has 0 aromatic heterocycles. The number of Topliss-reactive ketones (excluding diaryl/α,β-unsaturated/α-hetero) is 2.